The summed E-state index contributed by atoms with van der Waals surface area (Å²) in [4.78, 5) is 20.6. The third kappa shape index (κ3) is 6.25. The molecular weight excluding hydrogens is 469 g/mol. The van der Waals surface area contributed by atoms with E-state index in [0.717, 1.165) is 37.4 Å². The van der Waals surface area contributed by atoms with Crippen molar-refractivity contribution in [1.82, 2.24) is 20.0 Å². The van der Waals surface area contributed by atoms with E-state index in [2.05, 4.69) is 34.1 Å². The van der Waals surface area contributed by atoms with Crippen molar-refractivity contribution in [2.45, 2.75) is 24.9 Å². The number of amides is 1. The van der Waals surface area contributed by atoms with Crippen LogP contribution in [0.15, 0.2) is 60.9 Å². The third-order valence-electron chi connectivity index (χ3n) is 6.75. The molecule has 0 aliphatic carbocycles. The van der Waals surface area contributed by atoms with E-state index >= 15 is 0 Å². The topological polar surface area (TPSA) is 50.9 Å². The van der Waals surface area contributed by atoms with Gasteiger partial charge in [0.15, 0.2) is 0 Å². The highest BCUT2D eigenvalue weighted by molar-refractivity contribution is 6.31. The first-order chi connectivity index (χ1) is 16.4. The monoisotopic (exact) mass is 501 g/mol. The lowest BCUT2D eigenvalue weighted by molar-refractivity contribution is -0.135. The van der Waals surface area contributed by atoms with Gasteiger partial charge in [-0.3, -0.25) is 9.69 Å². The minimum absolute atomic E-state index is 0.00943. The number of nitrogens with one attached hydrogen (secondary N) is 2. The van der Waals surface area contributed by atoms with Crippen LogP contribution in [0.5, 0.6) is 0 Å². The zero-order valence-corrected chi connectivity index (χ0v) is 21.2. The predicted molar refractivity (Wildman–Crippen MR) is 140 cm³/mol. The van der Waals surface area contributed by atoms with Gasteiger partial charge in [-0.2, -0.15) is 0 Å². The van der Waals surface area contributed by atoms with Crippen LogP contribution in [-0.2, 0) is 4.79 Å². The van der Waals surface area contributed by atoms with Crippen LogP contribution in [0, 0.1) is 0 Å². The maximum Gasteiger partial charge on any atom is 0.249 e. The molecule has 2 fully saturated rings. The maximum atomic E-state index is 13.7. The van der Waals surface area contributed by atoms with Crippen LogP contribution in [0.1, 0.15) is 24.4 Å². The smallest absolute Gasteiger partial charge is 0.249 e. The molecule has 6 nitrogen and oxygen atoms in total. The Morgan fingerprint density at radius 1 is 0.971 bits per heavy atom. The van der Waals surface area contributed by atoms with Crippen LogP contribution in [0.3, 0.4) is 0 Å². The normalized spacial score (nSPS) is 19.0. The molecule has 1 unspecified atom stereocenters. The van der Waals surface area contributed by atoms with E-state index in [-0.39, 0.29) is 5.91 Å². The fourth-order valence-corrected chi connectivity index (χ4v) is 5.12. The van der Waals surface area contributed by atoms with Gasteiger partial charge in [-0.1, -0.05) is 48.0 Å². The molecule has 0 aromatic heterocycles. The predicted octanol–water partition coefficient (Wildman–Crippen LogP) is 4.45. The highest BCUT2D eigenvalue weighted by atomic mass is 35.5. The first-order valence-electron chi connectivity index (χ1n) is 11.8. The highest BCUT2D eigenvalue weighted by Gasteiger charge is 2.32. The Morgan fingerprint density at radius 3 is 2.26 bits per heavy atom. The number of carbonyl (C=O) groups is 1. The summed E-state index contributed by atoms with van der Waals surface area (Å²) >= 11 is 12.5. The molecule has 1 amide bonds. The Labute approximate surface area is 212 Å². The van der Waals surface area contributed by atoms with Gasteiger partial charge in [0.2, 0.25) is 5.91 Å². The number of benzene rings is 2. The van der Waals surface area contributed by atoms with E-state index in [1.54, 1.807) is 12.1 Å². The van der Waals surface area contributed by atoms with Gasteiger partial charge < -0.3 is 20.4 Å². The summed E-state index contributed by atoms with van der Waals surface area (Å²) in [5.41, 5.74) is 1.57. The number of piperazine rings is 1. The van der Waals surface area contributed by atoms with Gasteiger partial charge in [-0.15, -0.1) is 0 Å². The minimum atomic E-state index is -0.629. The molecule has 0 radical (unpaired) electrons. The first-order valence-corrected chi connectivity index (χ1v) is 12.6. The second-order valence-electron chi connectivity index (χ2n) is 9.11. The third-order valence-corrected chi connectivity index (χ3v) is 7.35. The second kappa shape index (κ2) is 11.5. The number of halogens is 2. The van der Waals surface area contributed by atoms with Gasteiger partial charge in [-0.05, 0) is 63.3 Å². The maximum absolute atomic E-state index is 13.7. The Balaban J connectivity index is 1.42. The Morgan fingerprint density at radius 2 is 1.62 bits per heavy atom. The largest absolute Gasteiger partial charge is 0.357 e. The fraction of sp³-hybridized carbons (Fsp3) is 0.423. The molecule has 2 aromatic carbocycles. The average molecular weight is 502 g/mol. The molecule has 2 heterocycles. The van der Waals surface area contributed by atoms with Crippen molar-refractivity contribution in [3.8, 4) is 0 Å². The molecule has 8 heteroatoms. The van der Waals surface area contributed by atoms with Crippen molar-refractivity contribution >= 4 is 34.8 Å². The lowest BCUT2D eigenvalue weighted by Crippen LogP contribution is -2.55. The quantitative estimate of drug-likeness (QED) is 0.586. The molecular formula is C26H33Cl2N5O. The molecule has 0 saturated carbocycles. The fourth-order valence-electron chi connectivity index (χ4n) is 4.75. The minimum Gasteiger partial charge on any atom is -0.357 e. The zero-order valence-electron chi connectivity index (χ0n) is 19.6. The van der Waals surface area contributed by atoms with Crippen molar-refractivity contribution in [2.24, 2.45) is 0 Å². The summed E-state index contributed by atoms with van der Waals surface area (Å²) in [5.74, 6) is 0.528. The number of hydrogen-bond acceptors (Lipinski definition) is 5. The molecule has 4 rings (SSSR count). The van der Waals surface area contributed by atoms with Crippen molar-refractivity contribution < 1.29 is 4.79 Å². The van der Waals surface area contributed by atoms with Crippen molar-refractivity contribution in [2.75, 3.05) is 51.6 Å². The summed E-state index contributed by atoms with van der Waals surface area (Å²) in [6.45, 7) is 9.61. The molecule has 0 bridgehead atoms. The van der Waals surface area contributed by atoms with Gasteiger partial charge in [0.25, 0.3) is 0 Å². The number of nitrogens with zero attached hydrogens (tertiary/aromatic N) is 3. The van der Waals surface area contributed by atoms with E-state index in [9.17, 15) is 4.79 Å². The number of piperidine rings is 1. The van der Waals surface area contributed by atoms with Crippen molar-refractivity contribution in [3.63, 3.8) is 0 Å². The van der Waals surface area contributed by atoms with Crippen LogP contribution in [0.25, 0.3) is 0 Å². The lowest BCUT2D eigenvalue weighted by Gasteiger charge is -2.43. The van der Waals surface area contributed by atoms with Crippen LogP contribution < -0.4 is 10.6 Å². The van der Waals surface area contributed by atoms with Crippen LogP contribution in [0.2, 0.25) is 10.0 Å². The summed E-state index contributed by atoms with van der Waals surface area (Å²) in [6.07, 6.45) is 2.40. The van der Waals surface area contributed by atoms with Gasteiger partial charge in [0.1, 0.15) is 6.04 Å². The van der Waals surface area contributed by atoms with Gasteiger partial charge in [-0.25, -0.2) is 0 Å². The molecule has 182 valence electrons. The summed E-state index contributed by atoms with van der Waals surface area (Å²) in [6, 6.07) is 14.8. The van der Waals surface area contributed by atoms with E-state index in [0.29, 0.717) is 35.0 Å². The van der Waals surface area contributed by atoms with Crippen LogP contribution >= 0.6 is 23.2 Å². The first kappa shape index (κ1) is 24.9. The van der Waals surface area contributed by atoms with E-state index in [4.69, 9.17) is 23.2 Å². The molecule has 2 N–H and O–H groups in total. The average Bonchev–Trinajstić information content (AvgIpc) is 2.85. The molecule has 0 spiro atoms. The Kier molecular flexibility index (Phi) is 8.37. The SMILES string of the molecule is C=C(Nc1ccc(Cl)cc1)NC(C(=O)N1CCN(C2CCN(C)CC2)CC1)c1ccccc1Cl. The number of anilines is 1. The highest BCUT2D eigenvalue weighted by Crippen LogP contribution is 2.27. The molecule has 2 aromatic rings. The van der Waals surface area contributed by atoms with E-state index in [1.807, 2.05) is 41.3 Å². The van der Waals surface area contributed by atoms with Gasteiger partial charge >= 0.3 is 0 Å². The van der Waals surface area contributed by atoms with E-state index in [1.165, 1.54) is 12.8 Å². The molecule has 2 aliphatic rings. The van der Waals surface area contributed by atoms with Crippen LogP contribution in [-0.4, -0.2) is 73.0 Å². The molecule has 2 saturated heterocycles. The van der Waals surface area contributed by atoms with Gasteiger partial charge in [0, 0.05) is 53.5 Å². The number of hydrogen-bond donors (Lipinski definition) is 2. The van der Waals surface area contributed by atoms with E-state index < -0.39 is 6.04 Å². The standard InChI is InChI=1S/C26H33Cl2N5O/c1-19(29-21-9-7-20(27)8-10-21)30-25(23-5-3-4-6-24(23)28)26(34)33-17-15-32(16-18-33)22-11-13-31(2)14-12-22/h3-10,22,25,29-30H,1,11-18H2,2H3. The van der Waals surface area contributed by atoms with Crippen molar-refractivity contribution in [1.29, 1.82) is 0 Å². The number of likely N-dealkylation sites (tertiary alicyclic amines) is 1. The number of rotatable bonds is 7. The van der Waals surface area contributed by atoms with Crippen molar-refractivity contribution in [3.05, 3.63) is 76.5 Å². The summed E-state index contributed by atoms with van der Waals surface area (Å²) in [5, 5.41) is 7.70. The summed E-state index contributed by atoms with van der Waals surface area (Å²) in [7, 11) is 2.18. The Bertz CT molecular complexity index is 983. The lowest BCUT2D eigenvalue weighted by atomic mass is 10.0. The second-order valence-corrected chi connectivity index (χ2v) is 9.95. The van der Waals surface area contributed by atoms with Crippen LogP contribution in [0.4, 0.5) is 5.69 Å². The molecule has 34 heavy (non-hydrogen) atoms. The molecule has 1 atom stereocenters. The summed E-state index contributed by atoms with van der Waals surface area (Å²) < 4.78 is 0. The van der Waals surface area contributed by atoms with Gasteiger partial charge in [0.05, 0.1) is 5.82 Å². The number of carbonyl (C=O) groups excluding carboxylic acids is 1. The zero-order chi connectivity index (χ0) is 24.1. The molecule has 2 aliphatic heterocycles. The Hall–Kier alpha value is -2.25.